The van der Waals surface area contributed by atoms with E-state index in [-0.39, 0.29) is 0 Å². The molecule has 136 valence electrons. The zero-order valence-corrected chi connectivity index (χ0v) is 14.9. The highest BCUT2D eigenvalue weighted by atomic mass is 16.5. The minimum atomic E-state index is -0.870. The van der Waals surface area contributed by atoms with E-state index in [9.17, 15) is 5.11 Å². The summed E-state index contributed by atoms with van der Waals surface area (Å²) < 4.78 is 8.79. The summed E-state index contributed by atoms with van der Waals surface area (Å²) in [5, 5.41) is 19.5. The van der Waals surface area contributed by atoms with E-state index in [0.717, 1.165) is 41.1 Å². The fourth-order valence-electron chi connectivity index (χ4n) is 3.46. The number of fused-ring (bicyclic) bond motifs is 1. The molecule has 0 aliphatic heterocycles. The lowest BCUT2D eigenvalue weighted by atomic mass is 10.0. The highest BCUT2D eigenvalue weighted by Gasteiger charge is 2.31. The van der Waals surface area contributed by atoms with Crippen LogP contribution >= 0.6 is 0 Å². The van der Waals surface area contributed by atoms with E-state index in [1.165, 1.54) is 0 Å². The topological polar surface area (TPSA) is 77.5 Å². The first-order chi connectivity index (χ1) is 13.2. The predicted molar refractivity (Wildman–Crippen MR) is 99.1 cm³/mol. The average Bonchev–Trinajstić information content (AvgIpc) is 3.24. The van der Waals surface area contributed by atoms with Crippen molar-refractivity contribution < 1.29 is 9.84 Å². The van der Waals surface area contributed by atoms with Crippen LogP contribution in [0.4, 0.5) is 0 Å². The number of imidazole rings is 1. The third kappa shape index (κ3) is 2.76. The van der Waals surface area contributed by atoms with Crippen LogP contribution in [0.5, 0.6) is 5.75 Å². The van der Waals surface area contributed by atoms with Crippen molar-refractivity contribution in [2.45, 2.75) is 24.9 Å². The van der Waals surface area contributed by atoms with Crippen LogP contribution in [0.1, 0.15) is 41.8 Å². The highest BCUT2D eigenvalue weighted by molar-refractivity contribution is 5.51. The predicted octanol–water partition coefficient (Wildman–Crippen LogP) is 2.88. The van der Waals surface area contributed by atoms with E-state index < -0.39 is 6.10 Å². The number of aliphatic hydroxyl groups excluding tert-OH is 1. The van der Waals surface area contributed by atoms with Crippen molar-refractivity contribution in [3.8, 4) is 11.4 Å². The average molecular weight is 361 g/mol. The van der Waals surface area contributed by atoms with Crippen molar-refractivity contribution in [1.29, 1.82) is 0 Å². The molecular formula is C20H19N5O2. The van der Waals surface area contributed by atoms with Gasteiger partial charge in [-0.2, -0.15) is 0 Å². The maximum atomic E-state index is 11.1. The number of rotatable bonds is 5. The summed E-state index contributed by atoms with van der Waals surface area (Å²) in [5.74, 6) is 1.28. The molecule has 0 bridgehead atoms. The summed E-state index contributed by atoms with van der Waals surface area (Å²) in [7, 11) is 1.63. The Morgan fingerprint density at radius 1 is 1.15 bits per heavy atom. The van der Waals surface area contributed by atoms with Crippen molar-refractivity contribution in [2.75, 3.05) is 7.11 Å². The Kier molecular flexibility index (Phi) is 3.68. The standard InChI is InChI=1S/C20H19N5O2/c1-27-16-7-4-14(5-8-16)25-11-18(22-23-25)20(26)19-17(13-2-3-13)9-6-15-10-21-12-24(15)19/h4-13,20,26H,2-3H2,1H3. The van der Waals surface area contributed by atoms with Crippen LogP contribution in [0.15, 0.2) is 55.1 Å². The Morgan fingerprint density at radius 2 is 1.96 bits per heavy atom. The number of ether oxygens (including phenoxy) is 1. The van der Waals surface area contributed by atoms with E-state index in [1.54, 1.807) is 30.5 Å². The van der Waals surface area contributed by atoms with E-state index in [1.807, 2.05) is 34.7 Å². The number of methoxy groups -OCH3 is 1. The number of benzene rings is 1. The third-order valence-electron chi connectivity index (χ3n) is 5.06. The van der Waals surface area contributed by atoms with Gasteiger partial charge >= 0.3 is 0 Å². The van der Waals surface area contributed by atoms with Crippen LogP contribution in [0.2, 0.25) is 0 Å². The van der Waals surface area contributed by atoms with Gasteiger partial charge in [0.1, 0.15) is 17.5 Å². The Labute approximate surface area is 155 Å². The zero-order chi connectivity index (χ0) is 18.4. The number of pyridine rings is 1. The van der Waals surface area contributed by atoms with Gasteiger partial charge in [-0.3, -0.25) is 4.40 Å². The third-order valence-corrected chi connectivity index (χ3v) is 5.06. The van der Waals surface area contributed by atoms with Crippen molar-refractivity contribution in [3.05, 3.63) is 72.1 Å². The Morgan fingerprint density at radius 3 is 2.70 bits per heavy atom. The van der Waals surface area contributed by atoms with Crippen LogP contribution in [0.3, 0.4) is 0 Å². The number of aliphatic hydroxyl groups is 1. The molecule has 7 heteroatoms. The fourth-order valence-corrected chi connectivity index (χ4v) is 3.46. The molecule has 0 saturated heterocycles. The van der Waals surface area contributed by atoms with Gasteiger partial charge in [0.25, 0.3) is 0 Å². The Balaban J connectivity index is 1.54. The maximum Gasteiger partial charge on any atom is 0.140 e. The van der Waals surface area contributed by atoms with Crippen LogP contribution in [-0.2, 0) is 0 Å². The molecule has 1 aliphatic rings. The summed E-state index contributed by atoms with van der Waals surface area (Å²) in [6.07, 6.45) is 6.73. The lowest BCUT2D eigenvalue weighted by Crippen LogP contribution is -2.10. The smallest absolute Gasteiger partial charge is 0.140 e. The summed E-state index contributed by atoms with van der Waals surface area (Å²) in [6, 6.07) is 11.7. The van der Waals surface area contributed by atoms with Crippen molar-refractivity contribution in [3.63, 3.8) is 0 Å². The largest absolute Gasteiger partial charge is 0.497 e. The van der Waals surface area contributed by atoms with Gasteiger partial charge in [-0.05, 0) is 54.7 Å². The lowest BCUT2D eigenvalue weighted by Gasteiger charge is -2.16. The maximum absolute atomic E-state index is 11.1. The normalized spacial score (nSPS) is 15.2. The molecule has 1 aromatic carbocycles. The molecule has 4 aromatic rings. The first-order valence-corrected chi connectivity index (χ1v) is 8.94. The minimum Gasteiger partial charge on any atom is -0.497 e. The van der Waals surface area contributed by atoms with Gasteiger partial charge in [-0.25, -0.2) is 9.67 Å². The van der Waals surface area contributed by atoms with Gasteiger partial charge in [0.2, 0.25) is 0 Å². The molecule has 1 atom stereocenters. The molecule has 0 radical (unpaired) electrons. The summed E-state index contributed by atoms with van der Waals surface area (Å²) in [6.45, 7) is 0. The second-order valence-electron chi connectivity index (χ2n) is 6.83. The van der Waals surface area contributed by atoms with Crippen molar-refractivity contribution in [1.82, 2.24) is 24.4 Å². The summed E-state index contributed by atoms with van der Waals surface area (Å²) in [5.41, 5.74) is 4.30. The molecule has 1 N–H and O–H groups in total. The monoisotopic (exact) mass is 361 g/mol. The molecule has 1 saturated carbocycles. The van der Waals surface area contributed by atoms with Gasteiger partial charge in [0.05, 0.1) is 42.7 Å². The van der Waals surface area contributed by atoms with Gasteiger partial charge < -0.3 is 9.84 Å². The summed E-state index contributed by atoms with van der Waals surface area (Å²) >= 11 is 0. The van der Waals surface area contributed by atoms with Gasteiger partial charge in [-0.1, -0.05) is 11.3 Å². The Bertz CT molecular complexity index is 1100. The number of nitrogens with zero attached hydrogens (tertiary/aromatic N) is 5. The van der Waals surface area contributed by atoms with E-state index in [2.05, 4.69) is 21.4 Å². The molecule has 3 heterocycles. The molecule has 1 fully saturated rings. The number of aromatic nitrogens is 5. The van der Waals surface area contributed by atoms with E-state index in [0.29, 0.717) is 11.6 Å². The molecule has 5 rings (SSSR count). The van der Waals surface area contributed by atoms with E-state index in [4.69, 9.17) is 4.74 Å². The van der Waals surface area contributed by atoms with Crippen LogP contribution in [0.25, 0.3) is 11.2 Å². The van der Waals surface area contributed by atoms with E-state index >= 15 is 0 Å². The van der Waals surface area contributed by atoms with Crippen molar-refractivity contribution >= 4 is 5.52 Å². The molecule has 1 aliphatic carbocycles. The first-order valence-electron chi connectivity index (χ1n) is 8.94. The molecule has 7 nitrogen and oxygen atoms in total. The van der Waals surface area contributed by atoms with Crippen molar-refractivity contribution in [2.24, 2.45) is 0 Å². The van der Waals surface area contributed by atoms with Gasteiger partial charge in [0, 0.05) is 0 Å². The second kappa shape index (κ2) is 6.21. The minimum absolute atomic E-state index is 0.498. The summed E-state index contributed by atoms with van der Waals surface area (Å²) in [4.78, 5) is 4.23. The van der Waals surface area contributed by atoms with Gasteiger partial charge in [0.15, 0.2) is 0 Å². The zero-order valence-electron chi connectivity index (χ0n) is 14.9. The molecule has 0 spiro atoms. The fraction of sp³-hybridized carbons (Fsp3) is 0.250. The quantitative estimate of drug-likeness (QED) is 0.591. The number of hydrogen-bond donors (Lipinski definition) is 1. The molecule has 3 aromatic heterocycles. The SMILES string of the molecule is COc1ccc(-n2cc(C(O)c3c(C4CC4)ccc4cncn34)nn2)cc1. The molecule has 0 amide bonds. The molecule has 27 heavy (non-hydrogen) atoms. The molecule has 1 unspecified atom stereocenters. The first kappa shape index (κ1) is 16.0. The second-order valence-corrected chi connectivity index (χ2v) is 6.83. The highest BCUT2D eigenvalue weighted by Crippen LogP contribution is 2.43. The van der Waals surface area contributed by atoms with Crippen LogP contribution in [0, 0.1) is 0 Å². The van der Waals surface area contributed by atoms with Gasteiger partial charge in [-0.15, -0.1) is 5.10 Å². The number of hydrogen-bond acceptors (Lipinski definition) is 5. The van der Waals surface area contributed by atoms with Crippen LogP contribution in [-0.4, -0.2) is 36.6 Å². The Hall–Kier alpha value is -3.19. The van der Waals surface area contributed by atoms with Crippen LogP contribution < -0.4 is 4.74 Å². The molecular weight excluding hydrogens is 342 g/mol. The lowest BCUT2D eigenvalue weighted by molar-refractivity contribution is 0.207.